The van der Waals surface area contributed by atoms with E-state index in [0.29, 0.717) is 0 Å². The summed E-state index contributed by atoms with van der Waals surface area (Å²) in [7, 11) is 0. The van der Waals surface area contributed by atoms with Crippen LogP contribution in [0.2, 0.25) is 0 Å². The molecule has 4 rings (SSSR count). The van der Waals surface area contributed by atoms with Crippen LogP contribution in [-0.4, -0.2) is 67.6 Å². The molecule has 1 fully saturated rings. The summed E-state index contributed by atoms with van der Waals surface area (Å²) in [6.45, 7) is -0.636. The summed E-state index contributed by atoms with van der Waals surface area (Å²) >= 11 is 0. The van der Waals surface area contributed by atoms with Gasteiger partial charge in [-0.25, -0.2) is 0 Å². The summed E-state index contributed by atoms with van der Waals surface area (Å²) in [4.78, 5) is 17.6. The second-order valence-corrected chi connectivity index (χ2v) is 7.45. The van der Waals surface area contributed by atoms with Crippen molar-refractivity contribution in [3.63, 3.8) is 0 Å². The third-order valence-corrected chi connectivity index (χ3v) is 5.40. The fourth-order valence-electron chi connectivity index (χ4n) is 3.87. The fourth-order valence-corrected chi connectivity index (χ4v) is 3.87. The van der Waals surface area contributed by atoms with E-state index in [0.717, 1.165) is 6.07 Å². The van der Waals surface area contributed by atoms with Gasteiger partial charge in [0.2, 0.25) is 0 Å². The van der Waals surface area contributed by atoms with Gasteiger partial charge in [-0.05, 0) is 24.3 Å². The number of benzene rings is 1. The molecule has 5 atom stereocenters. The Hall–Kier alpha value is -2.90. The highest BCUT2D eigenvalue weighted by Gasteiger charge is 2.44. The van der Waals surface area contributed by atoms with Crippen LogP contribution in [0.4, 0.5) is 18.9 Å². The summed E-state index contributed by atoms with van der Waals surface area (Å²) in [5.74, 6) is 0. The Morgan fingerprint density at radius 2 is 1.88 bits per heavy atom. The second-order valence-electron chi connectivity index (χ2n) is 7.45. The van der Waals surface area contributed by atoms with Crippen LogP contribution in [-0.2, 0) is 10.9 Å². The van der Waals surface area contributed by atoms with Crippen LogP contribution in [0.1, 0.15) is 5.56 Å². The van der Waals surface area contributed by atoms with Crippen molar-refractivity contribution < 1.29 is 38.3 Å². The predicted octanol–water partition coefficient (Wildman–Crippen LogP) is 0.754. The molecule has 9 nitrogen and oxygen atoms in total. The van der Waals surface area contributed by atoms with Crippen LogP contribution in [0.5, 0.6) is 0 Å². The minimum atomic E-state index is -4.82. The third kappa shape index (κ3) is 3.87. The molecule has 12 heteroatoms. The lowest BCUT2D eigenvalue weighted by molar-refractivity contribution is -0.245. The summed E-state index contributed by atoms with van der Waals surface area (Å²) in [5, 5.41) is 41.9. The van der Waals surface area contributed by atoms with Crippen molar-refractivity contribution in [3.05, 3.63) is 52.4 Å². The Morgan fingerprint density at radius 3 is 2.50 bits per heavy atom. The van der Waals surface area contributed by atoms with E-state index in [1.54, 1.807) is 0 Å². The first-order chi connectivity index (χ1) is 15.1. The predicted molar refractivity (Wildman–Crippen MR) is 107 cm³/mol. The molecule has 0 spiro atoms. The van der Waals surface area contributed by atoms with Crippen molar-refractivity contribution in [1.82, 2.24) is 9.97 Å². The molecule has 172 valence electrons. The smallest absolute Gasteiger partial charge is 0.394 e. The molecule has 0 saturated carbocycles. The molecule has 0 amide bonds. The van der Waals surface area contributed by atoms with Gasteiger partial charge < -0.3 is 40.4 Å². The number of ether oxygens (including phenoxy) is 1. The Balaban J connectivity index is 1.76. The molecule has 3 heterocycles. The summed E-state index contributed by atoms with van der Waals surface area (Å²) < 4.78 is 46.8. The number of alkyl halides is 3. The minimum absolute atomic E-state index is 0.0145. The van der Waals surface area contributed by atoms with Crippen LogP contribution >= 0.6 is 0 Å². The first-order valence-electron chi connectivity index (χ1n) is 9.60. The first kappa shape index (κ1) is 22.3. The highest BCUT2D eigenvalue weighted by atomic mass is 19.4. The number of H-pyrrole nitrogens is 2. The summed E-state index contributed by atoms with van der Waals surface area (Å²) in [6, 6.07) is 5.23. The van der Waals surface area contributed by atoms with Crippen LogP contribution in [0.15, 0.2) is 41.3 Å². The van der Waals surface area contributed by atoms with Crippen LogP contribution in [0.25, 0.3) is 22.2 Å². The van der Waals surface area contributed by atoms with E-state index in [9.17, 15) is 33.3 Å². The molecule has 2 aromatic heterocycles. The van der Waals surface area contributed by atoms with Crippen molar-refractivity contribution in [3.8, 4) is 11.3 Å². The van der Waals surface area contributed by atoms with Crippen molar-refractivity contribution in [2.75, 3.05) is 11.9 Å². The number of hydrogen-bond acceptors (Lipinski definition) is 7. The number of aliphatic hydroxyl groups is 4. The number of nitrogens with one attached hydrogen (secondary N) is 3. The molecule has 0 aliphatic carbocycles. The second kappa shape index (κ2) is 8.22. The Labute approximate surface area is 178 Å². The molecule has 32 heavy (non-hydrogen) atoms. The molecule has 1 saturated heterocycles. The van der Waals surface area contributed by atoms with E-state index in [2.05, 4.69) is 15.3 Å². The lowest BCUT2D eigenvalue weighted by Gasteiger charge is -2.40. The number of hydrogen-bond donors (Lipinski definition) is 7. The van der Waals surface area contributed by atoms with Crippen molar-refractivity contribution in [1.29, 1.82) is 0 Å². The molecule has 0 radical (unpaired) electrons. The van der Waals surface area contributed by atoms with Crippen LogP contribution in [0, 0.1) is 0 Å². The van der Waals surface area contributed by atoms with Gasteiger partial charge in [-0.3, -0.25) is 4.79 Å². The standard InChI is InChI=1S/C20H20F3N3O6/c21-20(22,23)14-9-4-3-8(25-15-17(29)16(28)12(7-27)32-19(15)31)6-11(9)26-18(30)13(14)10-2-1-5-24-10/h1-6,12,15-17,19,24-25,27-29,31H,7H2,(H,26,30)/t12?,15-,16+,17?,19?/m0/s1. The molecule has 3 unspecified atom stereocenters. The number of pyridine rings is 1. The molecule has 1 aromatic carbocycles. The largest absolute Gasteiger partial charge is 0.417 e. The zero-order valence-corrected chi connectivity index (χ0v) is 16.3. The Bertz CT molecular complexity index is 1160. The maximum absolute atomic E-state index is 13.9. The van der Waals surface area contributed by atoms with Gasteiger partial charge in [0.1, 0.15) is 24.4 Å². The molecule has 1 aliphatic rings. The average Bonchev–Trinajstić information content (AvgIpc) is 3.26. The van der Waals surface area contributed by atoms with E-state index < -0.39 is 60.1 Å². The maximum Gasteiger partial charge on any atom is 0.417 e. The summed E-state index contributed by atoms with van der Waals surface area (Å²) in [6.07, 6.45) is -9.30. The van der Waals surface area contributed by atoms with Crippen LogP contribution in [0.3, 0.4) is 0 Å². The van der Waals surface area contributed by atoms with Gasteiger partial charge in [-0.1, -0.05) is 6.07 Å². The molecule has 1 aliphatic heterocycles. The number of halogens is 3. The Kier molecular flexibility index (Phi) is 5.73. The monoisotopic (exact) mass is 455 g/mol. The van der Waals surface area contributed by atoms with Crippen molar-refractivity contribution >= 4 is 16.6 Å². The van der Waals surface area contributed by atoms with Gasteiger partial charge in [0.15, 0.2) is 6.29 Å². The highest BCUT2D eigenvalue weighted by molar-refractivity contribution is 5.90. The van der Waals surface area contributed by atoms with Gasteiger partial charge in [0.25, 0.3) is 5.56 Å². The number of aliphatic hydroxyl groups excluding tert-OH is 4. The number of aromatic amines is 2. The molecule has 7 N–H and O–H groups in total. The third-order valence-electron chi connectivity index (χ3n) is 5.40. The molecular formula is C20H20F3N3O6. The van der Waals surface area contributed by atoms with Crippen molar-refractivity contribution in [2.45, 2.75) is 36.8 Å². The number of aromatic nitrogens is 2. The van der Waals surface area contributed by atoms with Gasteiger partial charge in [-0.2, -0.15) is 13.2 Å². The van der Waals surface area contributed by atoms with E-state index in [1.807, 2.05) is 0 Å². The number of anilines is 1. The van der Waals surface area contributed by atoms with Crippen molar-refractivity contribution in [2.24, 2.45) is 0 Å². The summed E-state index contributed by atoms with van der Waals surface area (Å²) in [5.41, 5.74) is -2.56. The molecular weight excluding hydrogens is 435 g/mol. The Morgan fingerprint density at radius 1 is 1.12 bits per heavy atom. The number of rotatable bonds is 4. The zero-order chi connectivity index (χ0) is 23.2. The van der Waals surface area contributed by atoms with Gasteiger partial charge in [0.05, 0.1) is 28.9 Å². The van der Waals surface area contributed by atoms with Gasteiger partial charge in [0, 0.05) is 17.3 Å². The van der Waals surface area contributed by atoms with E-state index in [-0.39, 0.29) is 22.3 Å². The van der Waals surface area contributed by atoms with Gasteiger partial charge >= 0.3 is 6.18 Å². The highest BCUT2D eigenvalue weighted by Crippen LogP contribution is 2.39. The van der Waals surface area contributed by atoms with Gasteiger partial charge in [-0.15, -0.1) is 0 Å². The topological polar surface area (TPSA) is 151 Å². The lowest BCUT2D eigenvalue weighted by atomic mass is 9.96. The van der Waals surface area contributed by atoms with E-state index in [1.165, 1.54) is 30.5 Å². The normalized spacial score (nSPS) is 26.4. The number of fused-ring (bicyclic) bond motifs is 1. The minimum Gasteiger partial charge on any atom is -0.394 e. The molecule has 3 aromatic rings. The SMILES string of the molecule is O=c1[nH]c2cc(N[C@@H]3C(O)OC(CO)[C@@H](O)C3O)ccc2c(C(F)(F)F)c1-c1ccc[nH]1. The lowest BCUT2D eigenvalue weighted by Crippen LogP contribution is -2.61. The van der Waals surface area contributed by atoms with E-state index in [4.69, 9.17) is 9.84 Å². The quantitative estimate of drug-likeness (QED) is 0.307. The zero-order valence-electron chi connectivity index (χ0n) is 16.3. The van der Waals surface area contributed by atoms with Crippen LogP contribution < -0.4 is 10.9 Å². The molecule has 0 bridgehead atoms. The maximum atomic E-state index is 13.9. The fraction of sp³-hybridized carbons (Fsp3) is 0.350. The average molecular weight is 455 g/mol. The first-order valence-corrected chi connectivity index (χ1v) is 9.60. The van der Waals surface area contributed by atoms with E-state index >= 15 is 0 Å².